The number of carbonyl (C=O) groups is 2. The molecule has 0 spiro atoms. The second kappa shape index (κ2) is 5.33. The summed E-state index contributed by atoms with van der Waals surface area (Å²) in [6.07, 6.45) is 0.722. The smallest absolute Gasteiger partial charge is 0.311 e. The summed E-state index contributed by atoms with van der Waals surface area (Å²) in [7, 11) is 0. The van der Waals surface area contributed by atoms with Crippen molar-refractivity contribution in [3.63, 3.8) is 0 Å². The van der Waals surface area contributed by atoms with E-state index in [0.717, 1.165) is 5.56 Å². The number of carboxylic acids is 1. The third kappa shape index (κ3) is 2.64. The first kappa shape index (κ1) is 14.1. The fraction of sp³-hybridized carbons (Fsp3) is 0.400. The Morgan fingerprint density at radius 3 is 2.85 bits per heavy atom. The Hall–Kier alpha value is -2.35. The Morgan fingerprint density at radius 1 is 1.50 bits per heavy atom. The molecule has 20 heavy (non-hydrogen) atoms. The number of nitrogens with zero attached hydrogens (tertiary/aromatic N) is 2. The van der Waals surface area contributed by atoms with Crippen LogP contribution >= 0.6 is 0 Å². The van der Waals surface area contributed by atoms with Crippen molar-refractivity contribution in [3.8, 4) is 6.07 Å². The van der Waals surface area contributed by atoms with E-state index in [9.17, 15) is 14.7 Å². The number of amides is 1. The first-order valence-electron chi connectivity index (χ1n) is 6.45. The SMILES string of the molecule is C[C@]1(C(=O)O)CCN(C(=O)c2cccc(CC#N)c2)C1. The fourth-order valence-corrected chi connectivity index (χ4v) is 2.40. The maximum Gasteiger partial charge on any atom is 0.311 e. The molecule has 104 valence electrons. The molecule has 0 unspecified atom stereocenters. The van der Waals surface area contributed by atoms with E-state index < -0.39 is 11.4 Å². The quantitative estimate of drug-likeness (QED) is 0.907. The first-order valence-corrected chi connectivity index (χ1v) is 6.45. The van der Waals surface area contributed by atoms with E-state index in [1.807, 2.05) is 6.07 Å². The summed E-state index contributed by atoms with van der Waals surface area (Å²) in [4.78, 5) is 25.1. The summed E-state index contributed by atoms with van der Waals surface area (Å²) >= 11 is 0. The summed E-state index contributed by atoms with van der Waals surface area (Å²) in [5, 5.41) is 17.9. The van der Waals surface area contributed by atoms with Gasteiger partial charge in [0.05, 0.1) is 17.9 Å². The van der Waals surface area contributed by atoms with Gasteiger partial charge >= 0.3 is 5.97 Å². The van der Waals surface area contributed by atoms with Crippen LogP contribution in [0.1, 0.15) is 29.3 Å². The lowest BCUT2D eigenvalue weighted by Gasteiger charge is -2.20. The molecule has 1 aromatic carbocycles. The number of carboxylic acid groups (broad SMARTS) is 1. The summed E-state index contributed by atoms with van der Waals surface area (Å²) in [5.41, 5.74) is 0.436. The molecule has 1 atom stereocenters. The van der Waals surface area contributed by atoms with Crippen LogP contribution in [0, 0.1) is 16.7 Å². The van der Waals surface area contributed by atoms with Gasteiger partial charge in [0.15, 0.2) is 0 Å². The van der Waals surface area contributed by atoms with Crippen molar-refractivity contribution in [1.29, 1.82) is 5.26 Å². The Balaban J connectivity index is 2.15. The van der Waals surface area contributed by atoms with Gasteiger partial charge in [-0.25, -0.2) is 0 Å². The van der Waals surface area contributed by atoms with Gasteiger partial charge in [-0.2, -0.15) is 5.26 Å². The highest BCUT2D eigenvalue weighted by Gasteiger charge is 2.42. The van der Waals surface area contributed by atoms with Gasteiger partial charge < -0.3 is 10.0 Å². The molecule has 5 nitrogen and oxygen atoms in total. The van der Waals surface area contributed by atoms with Crippen LogP contribution in [0.2, 0.25) is 0 Å². The minimum atomic E-state index is -0.869. The van der Waals surface area contributed by atoms with Gasteiger partial charge in [0, 0.05) is 18.7 Å². The molecular formula is C15H16N2O3. The highest BCUT2D eigenvalue weighted by atomic mass is 16.4. The molecule has 0 saturated carbocycles. The molecule has 1 aromatic rings. The highest BCUT2D eigenvalue weighted by molar-refractivity contribution is 5.95. The molecule has 0 bridgehead atoms. The normalized spacial score (nSPS) is 21.5. The maximum atomic E-state index is 12.4. The number of aliphatic carboxylic acids is 1. The van der Waals surface area contributed by atoms with Crippen LogP contribution in [-0.4, -0.2) is 35.0 Å². The predicted octanol–water partition coefficient (Wildman–Crippen LogP) is 1.69. The zero-order valence-corrected chi connectivity index (χ0v) is 11.3. The Morgan fingerprint density at radius 2 is 2.25 bits per heavy atom. The Labute approximate surface area is 117 Å². The largest absolute Gasteiger partial charge is 0.481 e. The highest BCUT2D eigenvalue weighted by Crippen LogP contribution is 2.31. The lowest BCUT2D eigenvalue weighted by atomic mass is 9.90. The Bertz CT molecular complexity index is 591. The van der Waals surface area contributed by atoms with Gasteiger partial charge in [0.25, 0.3) is 5.91 Å². The van der Waals surface area contributed by atoms with Crippen molar-refractivity contribution < 1.29 is 14.7 Å². The molecule has 1 amide bonds. The van der Waals surface area contributed by atoms with Gasteiger partial charge in [0.1, 0.15) is 0 Å². The number of hydrogen-bond donors (Lipinski definition) is 1. The summed E-state index contributed by atoms with van der Waals surface area (Å²) in [6.45, 7) is 2.34. The maximum absolute atomic E-state index is 12.4. The van der Waals surface area contributed by atoms with Crippen molar-refractivity contribution in [1.82, 2.24) is 4.90 Å². The van der Waals surface area contributed by atoms with Gasteiger partial charge in [-0.1, -0.05) is 12.1 Å². The number of rotatable bonds is 3. The van der Waals surface area contributed by atoms with Crippen LogP contribution in [0.25, 0.3) is 0 Å². The third-order valence-electron chi connectivity index (χ3n) is 3.73. The van der Waals surface area contributed by atoms with E-state index in [0.29, 0.717) is 18.5 Å². The molecule has 1 N–H and O–H groups in total. The number of benzene rings is 1. The minimum Gasteiger partial charge on any atom is -0.481 e. The minimum absolute atomic E-state index is 0.172. The van der Waals surface area contributed by atoms with E-state index in [1.54, 1.807) is 36.1 Å². The zero-order chi connectivity index (χ0) is 14.8. The first-order chi connectivity index (χ1) is 9.46. The standard InChI is InChI=1S/C15H16N2O3/c1-15(14(19)20)6-8-17(10-15)13(18)12-4-2-3-11(9-12)5-7-16/h2-4,9H,5-6,8,10H2,1H3,(H,19,20)/t15-/m0/s1. The van der Waals surface area contributed by atoms with Crippen LogP contribution < -0.4 is 0 Å². The van der Waals surface area contributed by atoms with Crippen LogP contribution in [0.4, 0.5) is 0 Å². The third-order valence-corrected chi connectivity index (χ3v) is 3.73. The predicted molar refractivity (Wildman–Crippen MR) is 72.0 cm³/mol. The average molecular weight is 272 g/mol. The van der Waals surface area contributed by atoms with Gasteiger partial charge in [0.2, 0.25) is 0 Å². The second-order valence-corrected chi connectivity index (χ2v) is 5.38. The van der Waals surface area contributed by atoms with Crippen LogP contribution in [0.3, 0.4) is 0 Å². The van der Waals surface area contributed by atoms with Crippen molar-refractivity contribution in [2.24, 2.45) is 5.41 Å². The van der Waals surface area contributed by atoms with Crippen LogP contribution in [0.15, 0.2) is 24.3 Å². The molecule has 0 aromatic heterocycles. The molecule has 5 heteroatoms. The topological polar surface area (TPSA) is 81.4 Å². The van der Waals surface area contributed by atoms with Gasteiger partial charge in [-0.05, 0) is 31.0 Å². The van der Waals surface area contributed by atoms with Crippen molar-refractivity contribution in [2.75, 3.05) is 13.1 Å². The second-order valence-electron chi connectivity index (χ2n) is 5.38. The molecule has 1 aliphatic rings. The molecule has 2 rings (SSSR count). The molecule has 0 radical (unpaired) electrons. The molecule has 1 heterocycles. The van der Waals surface area contributed by atoms with Crippen molar-refractivity contribution >= 4 is 11.9 Å². The molecule has 1 aliphatic heterocycles. The fourth-order valence-electron chi connectivity index (χ4n) is 2.40. The van der Waals surface area contributed by atoms with E-state index in [1.165, 1.54) is 0 Å². The lowest BCUT2D eigenvalue weighted by Crippen LogP contribution is -2.34. The molecule has 0 aliphatic carbocycles. The molecule has 1 saturated heterocycles. The molecular weight excluding hydrogens is 256 g/mol. The van der Waals surface area contributed by atoms with Crippen LogP contribution in [-0.2, 0) is 11.2 Å². The number of likely N-dealkylation sites (tertiary alicyclic amines) is 1. The number of nitriles is 1. The van der Waals surface area contributed by atoms with E-state index >= 15 is 0 Å². The van der Waals surface area contributed by atoms with Gasteiger partial charge in [-0.15, -0.1) is 0 Å². The number of carbonyl (C=O) groups excluding carboxylic acids is 1. The van der Waals surface area contributed by atoms with Crippen molar-refractivity contribution in [2.45, 2.75) is 19.8 Å². The summed E-state index contributed by atoms with van der Waals surface area (Å²) in [5.74, 6) is -1.04. The van der Waals surface area contributed by atoms with Crippen molar-refractivity contribution in [3.05, 3.63) is 35.4 Å². The number of hydrogen-bond acceptors (Lipinski definition) is 3. The molecule has 1 fully saturated rings. The summed E-state index contributed by atoms with van der Waals surface area (Å²) in [6, 6.07) is 8.97. The summed E-state index contributed by atoms with van der Waals surface area (Å²) < 4.78 is 0. The van der Waals surface area contributed by atoms with E-state index in [2.05, 4.69) is 0 Å². The average Bonchev–Trinajstić information content (AvgIpc) is 2.83. The van der Waals surface area contributed by atoms with E-state index in [4.69, 9.17) is 5.26 Å². The van der Waals surface area contributed by atoms with E-state index in [-0.39, 0.29) is 18.9 Å². The zero-order valence-electron chi connectivity index (χ0n) is 11.3. The Kier molecular flexibility index (Phi) is 3.75. The lowest BCUT2D eigenvalue weighted by molar-refractivity contribution is -0.147. The monoisotopic (exact) mass is 272 g/mol. The van der Waals surface area contributed by atoms with Crippen LogP contribution in [0.5, 0.6) is 0 Å². The van der Waals surface area contributed by atoms with Gasteiger partial charge in [-0.3, -0.25) is 9.59 Å².